The summed E-state index contributed by atoms with van der Waals surface area (Å²) in [5.74, 6) is 1.52. The van der Waals surface area contributed by atoms with Gasteiger partial charge in [0.2, 0.25) is 0 Å². The van der Waals surface area contributed by atoms with Gasteiger partial charge in [0.15, 0.2) is 0 Å². The zero-order valence-corrected chi connectivity index (χ0v) is 20.5. The first kappa shape index (κ1) is 23.3. The molecule has 0 spiro atoms. The van der Waals surface area contributed by atoms with Gasteiger partial charge in [0.1, 0.15) is 11.5 Å². The highest BCUT2D eigenvalue weighted by Gasteiger charge is 2.53. The van der Waals surface area contributed by atoms with Crippen molar-refractivity contribution < 1.29 is 15.3 Å². The largest absolute Gasteiger partial charge is 0.508 e. The van der Waals surface area contributed by atoms with Crippen LogP contribution in [0.25, 0.3) is 0 Å². The van der Waals surface area contributed by atoms with Gasteiger partial charge in [-0.2, -0.15) is 0 Å². The van der Waals surface area contributed by atoms with E-state index in [2.05, 4.69) is 33.8 Å². The van der Waals surface area contributed by atoms with Gasteiger partial charge >= 0.3 is 0 Å². The molecule has 2 aliphatic rings. The molecule has 2 aliphatic carbocycles. The van der Waals surface area contributed by atoms with Crippen LogP contribution in [-0.2, 0) is 13.0 Å². The third kappa shape index (κ3) is 3.97. The standard InChI is InChI=1S/C28H36O3S/c1-18-8-7-11-25-27(18,3)13-12-19(2)28(25,4)16-21-14-22(30)15-24(26(21)31)32-23-10-6-5-9-20(23)17-29/h5-6,8-10,14-15,19,25,29-31H,7,11-13,16-17H2,1-4H3/t19-,25+,27+,28+/m0/s1. The first-order valence-electron chi connectivity index (χ1n) is 11.8. The van der Waals surface area contributed by atoms with Crippen LogP contribution < -0.4 is 0 Å². The first-order chi connectivity index (χ1) is 15.2. The molecule has 4 atom stereocenters. The van der Waals surface area contributed by atoms with Gasteiger partial charge in [-0.05, 0) is 91.0 Å². The number of rotatable bonds is 5. The maximum Gasteiger partial charge on any atom is 0.132 e. The van der Waals surface area contributed by atoms with Crippen molar-refractivity contribution in [1.29, 1.82) is 0 Å². The maximum atomic E-state index is 11.3. The Morgan fingerprint density at radius 3 is 2.53 bits per heavy atom. The van der Waals surface area contributed by atoms with Crippen LogP contribution in [0.15, 0.2) is 57.8 Å². The molecule has 1 fully saturated rings. The molecule has 2 aromatic rings. The summed E-state index contributed by atoms with van der Waals surface area (Å²) in [4.78, 5) is 1.52. The van der Waals surface area contributed by atoms with Crippen LogP contribution in [0.3, 0.4) is 0 Å². The van der Waals surface area contributed by atoms with Crippen LogP contribution in [0.5, 0.6) is 11.5 Å². The van der Waals surface area contributed by atoms with E-state index in [-0.39, 0.29) is 28.9 Å². The van der Waals surface area contributed by atoms with E-state index in [9.17, 15) is 15.3 Å². The molecule has 0 saturated heterocycles. The molecule has 4 heteroatoms. The van der Waals surface area contributed by atoms with Gasteiger partial charge in [0.05, 0.1) is 11.5 Å². The van der Waals surface area contributed by atoms with E-state index in [1.807, 2.05) is 24.3 Å². The van der Waals surface area contributed by atoms with Gasteiger partial charge in [-0.25, -0.2) is 0 Å². The van der Waals surface area contributed by atoms with E-state index in [1.165, 1.54) is 36.6 Å². The van der Waals surface area contributed by atoms with Crippen LogP contribution in [0.1, 0.15) is 64.5 Å². The summed E-state index contributed by atoms with van der Waals surface area (Å²) in [5, 5.41) is 31.5. The quantitative estimate of drug-likeness (QED) is 0.335. The summed E-state index contributed by atoms with van der Waals surface area (Å²) >= 11 is 1.40. The Hall–Kier alpha value is -1.91. The molecule has 0 bridgehead atoms. The summed E-state index contributed by atoms with van der Waals surface area (Å²) in [6.07, 6.45) is 7.88. The van der Waals surface area contributed by atoms with Crippen molar-refractivity contribution in [2.24, 2.45) is 22.7 Å². The number of hydrogen-bond donors (Lipinski definition) is 3. The van der Waals surface area contributed by atoms with Crippen molar-refractivity contribution >= 4 is 11.8 Å². The zero-order chi connectivity index (χ0) is 23.1. The Balaban J connectivity index is 1.70. The number of aliphatic hydroxyl groups excluding tert-OH is 1. The van der Waals surface area contributed by atoms with Crippen molar-refractivity contribution in [3.63, 3.8) is 0 Å². The van der Waals surface area contributed by atoms with Gasteiger partial charge in [-0.3, -0.25) is 0 Å². The highest BCUT2D eigenvalue weighted by atomic mass is 32.2. The normalized spacial score (nSPS) is 30.0. The molecule has 0 aromatic heterocycles. The average Bonchev–Trinajstić information content (AvgIpc) is 2.76. The van der Waals surface area contributed by atoms with Gasteiger partial charge < -0.3 is 15.3 Å². The Labute approximate surface area is 196 Å². The minimum Gasteiger partial charge on any atom is -0.508 e. The summed E-state index contributed by atoms with van der Waals surface area (Å²) in [5.41, 5.74) is 3.40. The van der Waals surface area contributed by atoms with Gasteiger partial charge in [0.25, 0.3) is 0 Å². The van der Waals surface area contributed by atoms with E-state index in [1.54, 1.807) is 12.1 Å². The van der Waals surface area contributed by atoms with Crippen molar-refractivity contribution in [3.8, 4) is 11.5 Å². The Morgan fingerprint density at radius 2 is 1.78 bits per heavy atom. The Kier molecular flexibility index (Phi) is 6.39. The zero-order valence-electron chi connectivity index (χ0n) is 19.7. The molecule has 0 aliphatic heterocycles. The van der Waals surface area contributed by atoms with E-state index < -0.39 is 0 Å². The third-order valence-electron chi connectivity index (χ3n) is 8.67. The lowest BCUT2D eigenvalue weighted by Crippen LogP contribution is -2.50. The number of phenolic OH excluding ortho intramolecular Hbond substituents is 2. The lowest BCUT2D eigenvalue weighted by atomic mass is 9.47. The van der Waals surface area contributed by atoms with E-state index >= 15 is 0 Å². The van der Waals surface area contributed by atoms with Crippen LogP contribution in [0.2, 0.25) is 0 Å². The summed E-state index contributed by atoms with van der Waals surface area (Å²) in [6, 6.07) is 11.0. The van der Waals surface area contributed by atoms with Crippen LogP contribution >= 0.6 is 11.8 Å². The molecule has 1 saturated carbocycles. The molecule has 2 aromatic carbocycles. The minimum atomic E-state index is -0.0572. The van der Waals surface area contributed by atoms with Gasteiger partial charge in [0, 0.05) is 4.90 Å². The number of benzene rings is 2. The van der Waals surface area contributed by atoms with Crippen molar-refractivity contribution in [2.75, 3.05) is 0 Å². The number of aliphatic hydroxyl groups is 1. The average molecular weight is 453 g/mol. The summed E-state index contributed by atoms with van der Waals surface area (Å²) in [6.45, 7) is 9.43. The van der Waals surface area contributed by atoms with E-state index in [4.69, 9.17) is 0 Å². The summed E-state index contributed by atoms with van der Waals surface area (Å²) < 4.78 is 0. The molecule has 3 nitrogen and oxygen atoms in total. The second-order valence-electron chi connectivity index (χ2n) is 10.4. The second-order valence-corrected chi connectivity index (χ2v) is 11.5. The third-order valence-corrected chi connectivity index (χ3v) is 9.82. The molecule has 4 rings (SSSR count). The monoisotopic (exact) mass is 452 g/mol. The highest BCUT2D eigenvalue weighted by Crippen LogP contribution is 2.61. The minimum absolute atomic E-state index is 0.0404. The fraction of sp³-hybridized carbons (Fsp3) is 0.500. The summed E-state index contributed by atoms with van der Waals surface area (Å²) in [7, 11) is 0. The van der Waals surface area contributed by atoms with E-state index in [0.29, 0.717) is 16.7 Å². The van der Waals surface area contributed by atoms with Gasteiger partial charge in [-0.15, -0.1) is 0 Å². The molecule has 172 valence electrons. The van der Waals surface area contributed by atoms with Crippen molar-refractivity contribution in [2.45, 2.75) is 76.2 Å². The molecule has 32 heavy (non-hydrogen) atoms. The number of fused-ring (bicyclic) bond motifs is 1. The van der Waals surface area contributed by atoms with Crippen molar-refractivity contribution in [3.05, 3.63) is 59.2 Å². The number of allylic oxidation sites excluding steroid dienone is 2. The fourth-order valence-corrected chi connectivity index (χ4v) is 7.39. The number of phenols is 2. The SMILES string of the molecule is CC1=CCC[C@H]2[C@](C)(Cc3cc(O)cc(Sc4ccccc4CO)c3O)[C@@H](C)CC[C@]12C. The lowest BCUT2D eigenvalue weighted by molar-refractivity contribution is -0.0412. The molecule has 3 N–H and O–H groups in total. The van der Waals surface area contributed by atoms with Crippen LogP contribution in [-0.4, -0.2) is 15.3 Å². The Morgan fingerprint density at radius 1 is 1.03 bits per heavy atom. The number of hydrogen-bond acceptors (Lipinski definition) is 4. The number of aromatic hydroxyl groups is 2. The second kappa shape index (κ2) is 8.79. The Bertz CT molecular complexity index is 1030. The smallest absolute Gasteiger partial charge is 0.132 e. The maximum absolute atomic E-state index is 11.3. The predicted molar refractivity (Wildman–Crippen MR) is 131 cm³/mol. The molecule has 0 heterocycles. The molecule has 0 radical (unpaired) electrons. The highest BCUT2D eigenvalue weighted by molar-refractivity contribution is 7.99. The lowest BCUT2D eigenvalue weighted by Gasteiger charge is -2.58. The van der Waals surface area contributed by atoms with E-state index in [0.717, 1.165) is 28.9 Å². The van der Waals surface area contributed by atoms with Gasteiger partial charge in [-0.1, -0.05) is 62.4 Å². The molecular formula is C28H36O3S. The molecular weight excluding hydrogens is 416 g/mol. The fourth-order valence-electron chi connectivity index (χ4n) is 6.33. The van der Waals surface area contributed by atoms with Crippen molar-refractivity contribution in [1.82, 2.24) is 0 Å². The first-order valence-corrected chi connectivity index (χ1v) is 12.6. The topological polar surface area (TPSA) is 60.7 Å². The molecule has 0 unspecified atom stereocenters. The van der Waals surface area contributed by atoms with Crippen LogP contribution in [0, 0.1) is 22.7 Å². The predicted octanol–water partition coefficient (Wildman–Crippen LogP) is 7.08. The molecule has 0 amide bonds. The van der Waals surface area contributed by atoms with Crippen LogP contribution in [0.4, 0.5) is 0 Å².